The minimum atomic E-state index is -0.215. The monoisotopic (exact) mass is 310 g/mol. The lowest BCUT2D eigenvalue weighted by atomic mass is 9.91. The van der Waals surface area contributed by atoms with E-state index in [2.05, 4.69) is 0 Å². The molecule has 1 aliphatic rings. The van der Waals surface area contributed by atoms with Crippen LogP contribution in [0.2, 0.25) is 0 Å². The van der Waals surface area contributed by atoms with E-state index < -0.39 is 0 Å². The summed E-state index contributed by atoms with van der Waals surface area (Å²) in [5.41, 5.74) is 5.91. The van der Waals surface area contributed by atoms with Crippen molar-refractivity contribution in [2.24, 2.45) is 11.7 Å². The van der Waals surface area contributed by atoms with Gasteiger partial charge < -0.3 is 10.6 Å². The Bertz CT molecular complexity index is 473. The summed E-state index contributed by atoms with van der Waals surface area (Å²) in [7, 11) is 0. The van der Waals surface area contributed by atoms with E-state index in [0.717, 1.165) is 25.9 Å². The number of nitrogens with two attached hydrogens (primary N) is 1. The maximum Gasteiger partial charge on any atom is 0.223 e. The lowest BCUT2D eigenvalue weighted by Crippen LogP contribution is -2.42. The first-order valence-electron chi connectivity index (χ1n) is 7.48. The molecule has 2 rings (SSSR count). The van der Waals surface area contributed by atoms with Crippen LogP contribution in [0.1, 0.15) is 26.2 Å². The van der Waals surface area contributed by atoms with Crippen LogP contribution < -0.4 is 5.73 Å². The van der Waals surface area contributed by atoms with Crippen LogP contribution in [0.3, 0.4) is 0 Å². The number of likely N-dealkylation sites (tertiary alicyclic amines) is 1. The third-order valence-electron chi connectivity index (χ3n) is 4.05. The SMILES string of the molecule is CC(N)C1CCN(C(=O)CCSc2ccccc2F)CC1. The normalized spacial score (nSPS) is 17.8. The molecule has 1 saturated heterocycles. The van der Waals surface area contributed by atoms with E-state index in [0.29, 0.717) is 23.0 Å². The summed E-state index contributed by atoms with van der Waals surface area (Å²) < 4.78 is 13.5. The van der Waals surface area contributed by atoms with E-state index in [9.17, 15) is 9.18 Å². The van der Waals surface area contributed by atoms with E-state index in [1.807, 2.05) is 17.9 Å². The molecule has 5 heteroatoms. The van der Waals surface area contributed by atoms with Gasteiger partial charge in [0.15, 0.2) is 0 Å². The van der Waals surface area contributed by atoms with Crippen molar-refractivity contribution in [1.29, 1.82) is 0 Å². The molecular weight excluding hydrogens is 287 g/mol. The lowest BCUT2D eigenvalue weighted by Gasteiger charge is -2.33. The summed E-state index contributed by atoms with van der Waals surface area (Å²) >= 11 is 1.40. The number of hydrogen-bond acceptors (Lipinski definition) is 3. The van der Waals surface area contributed by atoms with Crippen LogP contribution in [0, 0.1) is 11.7 Å². The van der Waals surface area contributed by atoms with Gasteiger partial charge in [-0.1, -0.05) is 12.1 Å². The fraction of sp³-hybridized carbons (Fsp3) is 0.562. The zero-order valence-corrected chi connectivity index (χ0v) is 13.2. The van der Waals surface area contributed by atoms with Gasteiger partial charge >= 0.3 is 0 Å². The molecule has 1 aliphatic heterocycles. The molecule has 2 N–H and O–H groups in total. The van der Waals surface area contributed by atoms with E-state index >= 15 is 0 Å². The van der Waals surface area contributed by atoms with Crippen molar-refractivity contribution in [3.05, 3.63) is 30.1 Å². The maximum atomic E-state index is 13.5. The Balaban J connectivity index is 1.72. The highest BCUT2D eigenvalue weighted by molar-refractivity contribution is 7.99. The molecule has 0 aromatic heterocycles. The number of amides is 1. The predicted molar refractivity (Wildman–Crippen MR) is 84.7 cm³/mol. The number of carbonyl (C=O) groups excluding carboxylic acids is 1. The number of benzene rings is 1. The molecule has 0 bridgehead atoms. The first-order chi connectivity index (χ1) is 10.1. The third-order valence-corrected chi connectivity index (χ3v) is 5.10. The highest BCUT2D eigenvalue weighted by Gasteiger charge is 2.24. The second kappa shape index (κ2) is 7.80. The molecule has 0 radical (unpaired) electrons. The summed E-state index contributed by atoms with van der Waals surface area (Å²) in [5.74, 6) is 1.10. The topological polar surface area (TPSA) is 46.3 Å². The van der Waals surface area contributed by atoms with Gasteiger partial charge in [-0.25, -0.2) is 4.39 Å². The second-order valence-electron chi connectivity index (χ2n) is 5.61. The van der Waals surface area contributed by atoms with Gasteiger partial charge in [0.05, 0.1) is 0 Å². The molecule has 21 heavy (non-hydrogen) atoms. The van der Waals surface area contributed by atoms with Crippen LogP contribution in [0.5, 0.6) is 0 Å². The Hall–Kier alpha value is -1.07. The number of rotatable bonds is 5. The zero-order chi connectivity index (χ0) is 15.2. The third kappa shape index (κ3) is 4.71. The smallest absolute Gasteiger partial charge is 0.223 e. The van der Waals surface area contributed by atoms with Crippen LogP contribution in [0.25, 0.3) is 0 Å². The summed E-state index contributed by atoms with van der Waals surface area (Å²) in [6.45, 7) is 3.64. The molecule has 116 valence electrons. The lowest BCUT2D eigenvalue weighted by molar-refractivity contribution is -0.132. The quantitative estimate of drug-likeness (QED) is 0.851. The zero-order valence-electron chi connectivity index (χ0n) is 12.4. The first kappa shape index (κ1) is 16.3. The van der Waals surface area contributed by atoms with Gasteiger partial charge in [0.25, 0.3) is 0 Å². The molecule has 0 saturated carbocycles. The summed E-state index contributed by atoms with van der Waals surface area (Å²) in [6, 6.07) is 6.89. The fourth-order valence-corrected chi connectivity index (χ4v) is 3.52. The summed E-state index contributed by atoms with van der Waals surface area (Å²) in [4.78, 5) is 14.7. The van der Waals surface area contributed by atoms with Gasteiger partial charge in [-0.15, -0.1) is 11.8 Å². The van der Waals surface area contributed by atoms with Crippen LogP contribution in [0.15, 0.2) is 29.2 Å². The Morgan fingerprint density at radius 3 is 2.71 bits per heavy atom. The Kier molecular flexibility index (Phi) is 6.06. The minimum Gasteiger partial charge on any atom is -0.343 e. The molecule has 0 spiro atoms. The predicted octanol–water partition coefficient (Wildman–Crippen LogP) is 2.89. The first-order valence-corrected chi connectivity index (χ1v) is 8.47. The van der Waals surface area contributed by atoms with E-state index in [-0.39, 0.29) is 17.8 Å². The second-order valence-corrected chi connectivity index (χ2v) is 6.74. The molecule has 1 atom stereocenters. The molecule has 0 aliphatic carbocycles. The van der Waals surface area contributed by atoms with E-state index in [1.165, 1.54) is 17.8 Å². The van der Waals surface area contributed by atoms with Gasteiger partial charge in [-0.05, 0) is 37.8 Å². The van der Waals surface area contributed by atoms with Crippen molar-refractivity contribution in [2.75, 3.05) is 18.8 Å². The highest BCUT2D eigenvalue weighted by atomic mass is 32.2. The van der Waals surface area contributed by atoms with Gasteiger partial charge in [0.1, 0.15) is 5.82 Å². The molecular formula is C16H23FN2OS. The maximum absolute atomic E-state index is 13.5. The molecule has 1 aromatic carbocycles. The Labute approximate surface area is 130 Å². The van der Waals surface area contributed by atoms with Crippen LogP contribution in [-0.2, 0) is 4.79 Å². The molecule has 1 heterocycles. The van der Waals surface area contributed by atoms with Crippen LogP contribution in [0.4, 0.5) is 4.39 Å². The van der Waals surface area contributed by atoms with Crippen LogP contribution >= 0.6 is 11.8 Å². The Morgan fingerprint density at radius 1 is 1.43 bits per heavy atom. The number of piperidine rings is 1. The highest BCUT2D eigenvalue weighted by Crippen LogP contribution is 2.23. The Morgan fingerprint density at radius 2 is 2.10 bits per heavy atom. The van der Waals surface area contributed by atoms with E-state index in [1.54, 1.807) is 12.1 Å². The van der Waals surface area contributed by atoms with Crippen molar-refractivity contribution < 1.29 is 9.18 Å². The van der Waals surface area contributed by atoms with Gasteiger partial charge in [0.2, 0.25) is 5.91 Å². The fourth-order valence-electron chi connectivity index (χ4n) is 2.64. The average molecular weight is 310 g/mol. The minimum absolute atomic E-state index is 0.168. The van der Waals surface area contributed by atoms with Crippen LogP contribution in [-0.4, -0.2) is 35.7 Å². The van der Waals surface area contributed by atoms with Crippen molar-refractivity contribution in [3.63, 3.8) is 0 Å². The molecule has 3 nitrogen and oxygen atoms in total. The van der Waals surface area contributed by atoms with Crippen molar-refractivity contribution in [3.8, 4) is 0 Å². The van der Waals surface area contributed by atoms with Gasteiger partial charge in [-0.2, -0.15) is 0 Å². The van der Waals surface area contributed by atoms with Gasteiger partial charge in [0, 0.05) is 36.2 Å². The number of thioether (sulfide) groups is 1. The molecule has 1 fully saturated rings. The molecule has 1 aromatic rings. The van der Waals surface area contributed by atoms with Gasteiger partial charge in [-0.3, -0.25) is 4.79 Å². The average Bonchev–Trinajstić information content (AvgIpc) is 2.49. The van der Waals surface area contributed by atoms with E-state index in [4.69, 9.17) is 5.73 Å². The molecule has 1 amide bonds. The molecule has 1 unspecified atom stereocenters. The number of nitrogens with zero attached hydrogens (tertiary/aromatic N) is 1. The van der Waals surface area contributed by atoms with Crippen molar-refractivity contribution in [2.45, 2.75) is 37.1 Å². The number of halogens is 1. The number of hydrogen-bond donors (Lipinski definition) is 1. The van der Waals surface area contributed by atoms with Crippen molar-refractivity contribution >= 4 is 17.7 Å². The largest absolute Gasteiger partial charge is 0.343 e. The number of carbonyl (C=O) groups is 1. The summed E-state index contributed by atoms with van der Waals surface area (Å²) in [5, 5.41) is 0. The summed E-state index contributed by atoms with van der Waals surface area (Å²) in [6.07, 6.45) is 2.44. The standard InChI is InChI=1S/C16H23FN2OS/c1-12(18)13-6-9-19(10-7-13)16(20)8-11-21-15-5-3-2-4-14(15)17/h2-5,12-13H,6-11,18H2,1H3. The van der Waals surface area contributed by atoms with Crippen molar-refractivity contribution in [1.82, 2.24) is 4.90 Å².